The normalized spacial score (nSPS) is 19.7. The highest BCUT2D eigenvalue weighted by Crippen LogP contribution is 2.19. The van der Waals surface area contributed by atoms with Crippen LogP contribution >= 0.6 is 0 Å². The Morgan fingerprint density at radius 2 is 2.04 bits per heavy atom. The Kier molecular flexibility index (Phi) is 4.73. The molecule has 1 atom stereocenters. The van der Waals surface area contributed by atoms with E-state index in [0.29, 0.717) is 4.57 Å². The number of aromatic nitrogens is 2. The van der Waals surface area contributed by atoms with Crippen LogP contribution in [-0.2, 0) is 33.7 Å². The summed E-state index contributed by atoms with van der Waals surface area (Å²) < 4.78 is 33.3. The predicted octanol–water partition coefficient (Wildman–Crippen LogP) is -2.05. The van der Waals surface area contributed by atoms with Gasteiger partial charge in [-0.05, 0) is 0 Å². The maximum Gasteiger partial charge on any atom is 0.330 e. The standard InChI is InChI=1S/C12H17N3O7S/c1-13-6-9(11(18)14(2)12(13)19)23(20,21)15-3-4-22-7-8(15)5-10(16)17/h6,8H,3-5,7H2,1-2H3,(H,16,17). The maximum absolute atomic E-state index is 12.8. The molecule has 1 aliphatic rings. The second-order valence-electron chi connectivity index (χ2n) is 5.19. The Balaban J connectivity index is 2.55. The fourth-order valence-corrected chi connectivity index (χ4v) is 4.14. The van der Waals surface area contributed by atoms with Gasteiger partial charge in [0.2, 0.25) is 10.0 Å². The van der Waals surface area contributed by atoms with E-state index in [4.69, 9.17) is 9.84 Å². The molecule has 0 aliphatic carbocycles. The van der Waals surface area contributed by atoms with Gasteiger partial charge in [-0.15, -0.1) is 0 Å². The van der Waals surface area contributed by atoms with E-state index in [1.807, 2.05) is 0 Å². The minimum absolute atomic E-state index is 0.0632. The van der Waals surface area contributed by atoms with Crippen molar-refractivity contribution in [3.63, 3.8) is 0 Å². The van der Waals surface area contributed by atoms with Crippen molar-refractivity contribution in [1.29, 1.82) is 0 Å². The Labute approximate surface area is 131 Å². The molecule has 1 fully saturated rings. The number of ether oxygens (including phenoxy) is 1. The van der Waals surface area contributed by atoms with Gasteiger partial charge in [0.1, 0.15) is 0 Å². The lowest BCUT2D eigenvalue weighted by atomic mass is 10.2. The molecule has 1 aromatic heterocycles. The lowest BCUT2D eigenvalue weighted by molar-refractivity contribution is -0.139. The van der Waals surface area contributed by atoms with Crippen molar-refractivity contribution >= 4 is 16.0 Å². The van der Waals surface area contributed by atoms with E-state index in [-0.39, 0.29) is 19.8 Å². The molecule has 2 rings (SSSR count). The van der Waals surface area contributed by atoms with E-state index in [0.717, 1.165) is 15.1 Å². The fraction of sp³-hybridized carbons (Fsp3) is 0.583. The van der Waals surface area contributed by atoms with Crippen LogP contribution in [0.3, 0.4) is 0 Å². The van der Waals surface area contributed by atoms with Crippen LogP contribution < -0.4 is 11.2 Å². The van der Waals surface area contributed by atoms with Gasteiger partial charge in [-0.3, -0.25) is 14.2 Å². The molecule has 0 saturated carbocycles. The number of carboxylic acids is 1. The van der Waals surface area contributed by atoms with Gasteiger partial charge in [-0.1, -0.05) is 0 Å². The highest BCUT2D eigenvalue weighted by atomic mass is 32.2. The van der Waals surface area contributed by atoms with Crippen molar-refractivity contribution in [3.8, 4) is 0 Å². The van der Waals surface area contributed by atoms with Crippen LogP contribution in [0.2, 0.25) is 0 Å². The first-order valence-corrected chi connectivity index (χ1v) is 8.18. The van der Waals surface area contributed by atoms with Crippen LogP contribution in [0.5, 0.6) is 0 Å². The number of nitrogens with zero attached hydrogens (tertiary/aromatic N) is 3. The Hall–Kier alpha value is -1.98. The van der Waals surface area contributed by atoms with Crippen LogP contribution in [0.1, 0.15) is 6.42 Å². The van der Waals surface area contributed by atoms with E-state index in [2.05, 4.69) is 0 Å². The molecule has 0 spiro atoms. The van der Waals surface area contributed by atoms with Crippen molar-refractivity contribution in [3.05, 3.63) is 27.0 Å². The predicted molar refractivity (Wildman–Crippen MR) is 77.7 cm³/mol. The van der Waals surface area contributed by atoms with Crippen LogP contribution in [0.15, 0.2) is 20.7 Å². The van der Waals surface area contributed by atoms with Gasteiger partial charge in [0.15, 0.2) is 4.90 Å². The summed E-state index contributed by atoms with van der Waals surface area (Å²) in [7, 11) is -1.75. The minimum atomic E-state index is -4.25. The van der Waals surface area contributed by atoms with E-state index in [9.17, 15) is 22.8 Å². The highest BCUT2D eigenvalue weighted by Gasteiger charge is 2.37. The number of rotatable bonds is 4. The molecular weight excluding hydrogens is 330 g/mol. The first-order valence-electron chi connectivity index (χ1n) is 6.74. The van der Waals surface area contributed by atoms with Gasteiger partial charge >= 0.3 is 11.7 Å². The molecule has 128 valence electrons. The van der Waals surface area contributed by atoms with Crippen molar-refractivity contribution in [2.75, 3.05) is 19.8 Å². The number of hydrogen-bond acceptors (Lipinski definition) is 6. The molecule has 1 saturated heterocycles. The molecule has 1 aliphatic heterocycles. The van der Waals surface area contributed by atoms with Crippen molar-refractivity contribution in [2.24, 2.45) is 14.1 Å². The SMILES string of the molecule is Cn1cc(S(=O)(=O)N2CCOCC2CC(=O)O)c(=O)n(C)c1=O. The summed E-state index contributed by atoms with van der Waals surface area (Å²) in [6.07, 6.45) is 0.512. The Morgan fingerprint density at radius 3 is 2.65 bits per heavy atom. The second kappa shape index (κ2) is 6.26. The maximum atomic E-state index is 12.8. The summed E-state index contributed by atoms with van der Waals surface area (Å²) in [4.78, 5) is 34.2. The Morgan fingerprint density at radius 1 is 1.39 bits per heavy atom. The summed E-state index contributed by atoms with van der Waals surface area (Å²) in [6, 6.07) is -0.909. The number of sulfonamides is 1. The topological polar surface area (TPSA) is 128 Å². The smallest absolute Gasteiger partial charge is 0.330 e. The van der Waals surface area contributed by atoms with Crippen LogP contribution in [-0.4, -0.2) is 58.7 Å². The Bertz CT molecular complexity index is 839. The molecule has 1 unspecified atom stereocenters. The molecule has 10 nitrogen and oxygen atoms in total. The second-order valence-corrected chi connectivity index (χ2v) is 7.05. The number of carboxylic acid groups (broad SMARTS) is 1. The highest BCUT2D eigenvalue weighted by molar-refractivity contribution is 7.89. The van der Waals surface area contributed by atoms with Crippen molar-refractivity contribution in [2.45, 2.75) is 17.4 Å². The lowest BCUT2D eigenvalue weighted by Crippen LogP contribution is -2.51. The van der Waals surface area contributed by atoms with Gasteiger partial charge in [-0.2, -0.15) is 4.31 Å². The molecule has 0 radical (unpaired) electrons. The van der Waals surface area contributed by atoms with Crippen LogP contribution in [0.25, 0.3) is 0 Å². The third-order valence-electron chi connectivity index (χ3n) is 3.59. The number of aryl methyl sites for hydroxylation is 1. The van der Waals surface area contributed by atoms with E-state index in [1.165, 1.54) is 14.1 Å². The monoisotopic (exact) mass is 347 g/mol. The van der Waals surface area contributed by atoms with Crippen molar-refractivity contribution < 1.29 is 23.1 Å². The van der Waals surface area contributed by atoms with E-state index in [1.54, 1.807) is 0 Å². The van der Waals surface area contributed by atoms with Gasteiger partial charge in [0.05, 0.1) is 25.7 Å². The molecule has 2 heterocycles. The summed E-state index contributed by atoms with van der Waals surface area (Å²) in [6.45, 7) is -0.0364. The number of morpholine rings is 1. The van der Waals surface area contributed by atoms with Crippen LogP contribution in [0.4, 0.5) is 0 Å². The molecule has 23 heavy (non-hydrogen) atoms. The zero-order chi connectivity index (χ0) is 17.4. The van der Waals surface area contributed by atoms with Gasteiger partial charge in [-0.25, -0.2) is 13.2 Å². The molecular formula is C12H17N3O7S. The largest absolute Gasteiger partial charge is 0.481 e. The average Bonchev–Trinajstić information content (AvgIpc) is 2.48. The quantitative estimate of drug-likeness (QED) is 0.664. The average molecular weight is 347 g/mol. The lowest BCUT2D eigenvalue weighted by Gasteiger charge is -2.33. The minimum Gasteiger partial charge on any atom is -0.481 e. The molecule has 11 heteroatoms. The first kappa shape index (κ1) is 17.4. The molecule has 1 N–H and O–H groups in total. The van der Waals surface area contributed by atoms with Gasteiger partial charge in [0.25, 0.3) is 5.56 Å². The summed E-state index contributed by atoms with van der Waals surface area (Å²) >= 11 is 0. The van der Waals surface area contributed by atoms with Gasteiger partial charge < -0.3 is 14.4 Å². The summed E-state index contributed by atoms with van der Waals surface area (Å²) in [5.41, 5.74) is -1.60. The number of aliphatic carboxylic acids is 1. The number of carbonyl (C=O) groups is 1. The van der Waals surface area contributed by atoms with Crippen LogP contribution in [0, 0.1) is 0 Å². The van der Waals surface area contributed by atoms with Crippen molar-refractivity contribution in [1.82, 2.24) is 13.4 Å². The molecule has 0 amide bonds. The third kappa shape index (κ3) is 3.21. The zero-order valence-corrected chi connectivity index (χ0v) is 13.4. The first-order chi connectivity index (χ1) is 10.7. The van der Waals surface area contributed by atoms with E-state index >= 15 is 0 Å². The third-order valence-corrected chi connectivity index (χ3v) is 5.52. The fourth-order valence-electron chi connectivity index (χ4n) is 2.40. The zero-order valence-electron chi connectivity index (χ0n) is 12.6. The summed E-state index contributed by atoms with van der Waals surface area (Å²) in [5, 5.41) is 8.91. The van der Waals surface area contributed by atoms with Gasteiger partial charge in [0, 0.05) is 26.8 Å². The van der Waals surface area contributed by atoms with E-state index < -0.39 is 44.6 Å². The molecule has 0 aromatic carbocycles. The number of hydrogen-bond donors (Lipinski definition) is 1. The molecule has 1 aromatic rings. The summed E-state index contributed by atoms with van der Waals surface area (Å²) in [5.74, 6) is -1.17. The molecule has 0 bridgehead atoms.